The molecule has 25 heteroatoms. The number of rotatable bonds is 19. The second kappa shape index (κ2) is 25.4. The maximum Gasteiger partial charge on any atom is 0.367 e. The molecule has 0 saturated heterocycles. The molecule has 0 unspecified atom stereocenters. The van der Waals surface area contributed by atoms with Crippen LogP contribution in [0.4, 0.5) is 8.78 Å². The SMILES string of the molecule is CCOP(=O)(COc1c2c(c(O[Si](C(C)C)(C(C)C)C(C)C)c3ncccc13)C(=O)N(Cc1ccc(F)cc1)C2=O)OCC.C[Si](C)(C)Br.O=C1c2c(c(O)c3ncccc3c2OCP(=O)(O)O)C(=O)N1Cc1ccc(F)cc1. The van der Waals surface area contributed by atoms with Crippen molar-refractivity contribution in [3.8, 4) is 23.0 Å². The minimum atomic E-state index is -4.61. The average Bonchev–Trinajstić information content (AvgIpc) is 4.05. The molecule has 6 aromatic rings. The summed E-state index contributed by atoms with van der Waals surface area (Å²) in [5.74, 6) is -4.21. The number of halogens is 3. The smallest absolute Gasteiger partial charge is 0.367 e. The minimum Gasteiger partial charge on any atom is -0.541 e. The van der Waals surface area contributed by atoms with Gasteiger partial charge in [-0.15, -0.1) is 15.3 Å². The third-order valence-electron chi connectivity index (χ3n) is 12.7. The van der Waals surface area contributed by atoms with E-state index in [1.807, 2.05) is 0 Å². The highest BCUT2D eigenvalue weighted by atomic mass is 79.9. The first-order valence-electron chi connectivity index (χ1n) is 25.3. The van der Waals surface area contributed by atoms with E-state index in [1.165, 1.54) is 66.9 Å². The number of fused-ring (bicyclic) bond motifs is 4. The molecule has 4 amide bonds. The maximum absolute atomic E-state index is 14.3. The zero-order valence-corrected chi connectivity index (χ0v) is 51.1. The van der Waals surface area contributed by atoms with Gasteiger partial charge in [0.2, 0.25) is 0 Å². The molecule has 424 valence electrons. The van der Waals surface area contributed by atoms with E-state index in [4.69, 9.17) is 32.7 Å². The Balaban J connectivity index is 0.000000248. The number of phenolic OH excluding ortho intramolecular Hbond substituents is 1. The van der Waals surface area contributed by atoms with Crippen LogP contribution in [0.5, 0.6) is 23.0 Å². The van der Waals surface area contributed by atoms with Gasteiger partial charge in [0.1, 0.15) is 52.2 Å². The predicted molar refractivity (Wildman–Crippen MR) is 304 cm³/mol. The zero-order chi connectivity index (χ0) is 58.5. The quantitative estimate of drug-likeness (QED) is 0.0295. The summed E-state index contributed by atoms with van der Waals surface area (Å²) in [7, 11) is -11.0. The van der Waals surface area contributed by atoms with Crippen molar-refractivity contribution in [3.63, 3.8) is 0 Å². The largest absolute Gasteiger partial charge is 0.541 e. The van der Waals surface area contributed by atoms with Crippen LogP contribution in [0.2, 0.25) is 36.3 Å². The van der Waals surface area contributed by atoms with Crippen molar-refractivity contribution in [2.24, 2.45) is 0 Å². The molecule has 0 aliphatic carbocycles. The van der Waals surface area contributed by atoms with Crippen molar-refractivity contribution in [2.45, 2.75) is 105 Å². The Morgan fingerprint density at radius 2 is 0.962 bits per heavy atom. The molecule has 3 N–H and O–H groups in total. The van der Waals surface area contributed by atoms with Gasteiger partial charge in [0.05, 0.1) is 43.0 Å². The zero-order valence-electron chi connectivity index (χ0n) is 45.7. The fourth-order valence-corrected chi connectivity index (χ4v) is 16.5. The number of pyridine rings is 2. The van der Waals surface area contributed by atoms with Crippen molar-refractivity contribution in [3.05, 3.63) is 130 Å². The van der Waals surface area contributed by atoms with E-state index in [1.54, 1.807) is 32.2 Å². The van der Waals surface area contributed by atoms with E-state index < -0.39 is 83.9 Å². The van der Waals surface area contributed by atoms with Gasteiger partial charge in [-0.05, 0) is 90.1 Å². The Hall–Kier alpha value is -5.75. The fourth-order valence-electron chi connectivity index (χ4n) is 9.62. The summed E-state index contributed by atoms with van der Waals surface area (Å²) >= 11 is 3.51. The molecule has 8 rings (SSSR count). The van der Waals surface area contributed by atoms with Crippen LogP contribution >= 0.6 is 30.5 Å². The number of carbonyl (C=O) groups excluding carboxylic acids is 4. The number of ether oxygens (including phenoxy) is 2. The lowest BCUT2D eigenvalue weighted by molar-refractivity contribution is 0.0625. The van der Waals surface area contributed by atoms with Crippen LogP contribution in [0.25, 0.3) is 21.8 Å². The summed E-state index contributed by atoms with van der Waals surface area (Å²) in [4.78, 5) is 83.4. The van der Waals surface area contributed by atoms with Crippen LogP contribution in [0.15, 0.2) is 85.2 Å². The predicted octanol–water partition coefficient (Wildman–Crippen LogP) is 12.9. The third kappa shape index (κ3) is 14.1. The van der Waals surface area contributed by atoms with E-state index in [-0.39, 0.29) is 93.3 Å². The first-order chi connectivity index (χ1) is 37.0. The second-order valence-electron chi connectivity index (χ2n) is 20.4. The number of amides is 4. The van der Waals surface area contributed by atoms with Crippen molar-refractivity contribution in [1.82, 2.24) is 19.8 Å². The summed E-state index contributed by atoms with van der Waals surface area (Å²) in [5.41, 5.74) is 1.23. The molecule has 2 aliphatic heterocycles. The van der Waals surface area contributed by atoms with Crippen LogP contribution in [0, 0.1) is 11.6 Å². The summed E-state index contributed by atoms with van der Waals surface area (Å²) < 4.78 is 80.9. The summed E-state index contributed by atoms with van der Waals surface area (Å²) in [5, 5.41) is 11.2. The van der Waals surface area contributed by atoms with Crippen molar-refractivity contribution in [1.29, 1.82) is 0 Å². The number of aromatic hydroxyl groups is 1. The molecule has 2 aliphatic rings. The Kier molecular flexibility index (Phi) is 20.1. The van der Waals surface area contributed by atoms with Gasteiger partial charge in [-0.1, -0.05) is 85.4 Å². The number of phenols is 1. The number of imide groups is 2. The van der Waals surface area contributed by atoms with Gasteiger partial charge in [0, 0.05) is 23.2 Å². The normalized spacial score (nSPS) is 13.8. The fraction of sp³-hybridized carbons (Fsp3) is 0.370. The number of nitrogens with zero attached hydrogens (tertiary/aromatic N) is 4. The molecule has 18 nitrogen and oxygen atoms in total. The minimum absolute atomic E-state index is 0.00586. The number of aromatic nitrogens is 2. The number of carbonyl (C=O) groups is 4. The maximum atomic E-state index is 14.3. The first-order valence-corrected chi connectivity index (χ1v) is 36.8. The summed E-state index contributed by atoms with van der Waals surface area (Å²) in [6, 6.07) is 17.1. The average molecular weight is 1230 g/mol. The molecule has 0 bridgehead atoms. The molecule has 2 aromatic heterocycles. The topological polar surface area (TPSA) is 242 Å². The molecule has 0 atom stereocenters. The van der Waals surface area contributed by atoms with Gasteiger partial charge in [0.25, 0.3) is 31.9 Å². The highest BCUT2D eigenvalue weighted by Gasteiger charge is 2.51. The molecule has 0 saturated carbocycles. The Morgan fingerprint density at radius 1 is 0.595 bits per heavy atom. The summed E-state index contributed by atoms with van der Waals surface area (Å²) in [6.45, 7) is 22.1. The first kappa shape index (κ1) is 62.5. The van der Waals surface area contributed by atoms with E-state index in [0.29, 0.717) is 22.0 Å². The Bertz CT molecular complexity index is 3330. The second-order valence-corrected chi connectivity index (χ2v) is 40.7. The van der Waals surface area contributed by atoms with E-state index in [9.17, 15) is 42.2 Å². The van der Waals surface area contributed by atoms with Crippen molar-refractivity contribution < 1.29 is 74.9 Å². The van der Waals surface area contributed by atoms with Crippen molar-refractivity contribution in [2.75, 3.05) is 25.9 Å². The number of benzene rings is 4. The van der Waals surface area contributed by atoms with Crippen molar-refractivity contribution >= 4 is 90.9 Å². The van der Waals surface area contributed by atoms with Gasteiger partial charge < -0.3 is 37.8 Å². The lowest BCUT2D eigenvalue weighted by Gasteiger charge is -2.42. The Morgan fingerprint density at radius 3 is 1.37 bits per heavy atom. The molecule has 0 radical (unpaired) electrons. The van der Waals surface area contributed by atoms with Gasteiger partial charge in [-0.25, -0.2) is 8.78 Å². The van der Waals surface area contributed by atoms with Gasteiger partial charge >= 0.3 is 15.2 Å². The standard InChI is InChI=1S/C32H42FN2O7PSi.C19H14FN2O7P.C3H9BrSi/c1-9-40-43(38,41-10-2)19-39-29-25-12-11-17-34-28(25)30(42-44(20(3)4,21(5)6)22(7)8)27-26(29)31(36)35(32(27)37)18-23-13-15-24(33)16-14-23;20-11-5-3-10(4-6-11)8-22-18(24)13-14(19(22)25)17(29-9-30(26,27)28)12-2-1-7-21-15(12)16(13)23;1-5(2,3)4/h11-17,20-22H,9-10,18-19H2,1-8H3;1-7,23H,8-9H2,(H2,26,27,28);1-3H3. The lowest BCUT2D eigenvalue weighted by Crippen LogP contribution is -2.51. The van der Waals surface area contributed by atoms with Gasteiger partial charge in [-0.2, -0.15) is 0 Å². The molecule has 0 spiro atoms. The van der Waals surface area contributed by atoms with E-state index in [0.717, 1.165) is 9.80 Å². The number of hydrogen-bond donors (Lipinski definition) is 3. The van der Waals surface area contributed by atoms with Crippen LogP contribution in [0.1, 0.15) is 108 Å². The molecular weight excluding hydrogens is 1160 g/mol. The van der Waals surface area contributed by atoms with Crippen LogP contribution in [0.3, 0.4) is 0 Å². The highest BCUT2D eigenvalue weighted by molar-refractivity contribution is 9.26. The van der Waals surface area contributed by atoms with E-state index in [2.05, 4.69) is 86.4 Å². The molecule has 0 fully saturated rings. The third-order valence-corrected chi connectivity index (χ3v) is 20.9. The molecular formula is C54H65BrF2N4O14P2Si2. The van der Waals surface area contributed by atoms with Gasteiger partial charge in [-0.3, -0.25) is 48.1 Å². The number of hydrogen-bond acceptors (Lipinski definition) is 14. The highest BCUT2D eigenvalue weighted by Crippen LogP contribution is 2.53. The van der Waals surface area contributed by atoms with Gasteiger partial charge in [0.15, 0.2) is 18.4 Å². The van der Waals surface area contributed by atoms with Crippen LogP contribution in [-0.2, 0) is 31.3 Å². The lowest BCUT2D eigenvalue weighted by atomic mass is 10.0. The molecule has 4 aromatic carbocycles. The Labute approximate surface area is 467 Å². The van der Waals surface area contributed by atoms with Crippen LogP contribution in [-0.4, -0.2) is 99.2 Å². The molecule has 4 heterocycles. The monoisotopic (exact) mass is 1230 g/mol. The summed E-state index contributed by atoms with van der Waals surface area (Å²) in [6.07, 6.45) is 1.43. The molecule has 79 heavy (non-hydrogen) atoms. The van der Waals surface area contributed by atoms with E-state index >= 15 is 0 Å². The van der Waals surface area contributed by atoms with Crippen LogP contribution < -0.4 is 13.9 Å².